The van der Waals surface area contributed by atoms with Crippen molar-refractivity contribution in [3.63, 3.8) is 0 Å². The first kappa shape index (κ1) is 7.54. The summed E-state index contributed by atoms with van der Waals surface area (Å²) in [6.45, 7) is 3.28. The van der Waals surface area contributed by atoms with Crippen molar-refractivity contribution in [1.29, 1.82) is 0 Å². The van der Waals surface area contributed by atoms with Crippen LogP contribution in [0.1, 0.15) is 26.2 Å². The molecule has 0 unspecified atom stereocenters. The highest BCUT2D eigenvalue weighted by molar-refractivity contribution is 5.75. The van der Waals surface area contributed by atoms with Gasteiger partial charge in [-0.1, -0.05) is 0 Å². The maximum absolute atomic E-state index is 11.0. The van der Waals surface area contributed by atoms with Gasteiger partial charge in [0.05, 0.1) is 6.61 Å². The third-order valence-corrected chi connectivity index (χ3v) is 1.60. The Balaban J connectivity index is 2.43. The van der Waals surface area contributed by atoms with Crippen LogP contribution in [0.25, 0.3) is 0 Å². The molecule has 1 aliphatic rings. The van der Waals surface area contributed by atoms with Crippen molar-refractivity contribution in [3.05, 3.63) is 0 Å². The number of carbonyl (C=O) groups excluding carboxylic acids is 1. The molecule has 0 atom stereocenters. The van der Waals surface area contributed by atoms with Crippen LogP contribution in [-0.2, 0) is 9.63 Å². The van der Waals surface area contributed by atoms with Gasteiger partial charge in [-0.15, -0.1) is 0 Å². The first-order valence-electron chi connectivity index (χ1n) is 3.78. The fourth-order valence-corrected chi connectivity index (χ4v) is 1.02. The molecular formula is C7H13NO2. The SMILES string of the molecule is CCN1OCCCCC1=O. The Labute approximate surface area is 60.9 Å². The molecule has 0 saturated carbocycles. The number of hydroxylamine groups is 2. The van der Waals surface area contributed by atoms with Gasteiger partial charge >= 0.3 is 0 Å². The lowest BCUT2D eigenvalue weighted by molar-refractivity contribution is -0.181. The van der Waals surface area contributed by atoms with Gasteiger partial charge in [-0.3, -0.25) is 9.63 Å². The second kappa shape index (κ2) is 3.56. The van der Waals surface area contributed by atoms with E-state index in [0.717, 1.165) is 12.8 Å². The Kier molecular flexibility index (Phi) is 2.68. The lowest BCUT2D eigenvalue weighted by Crippen LogP contribution is -2.28. The molecular weight excluding hydrogens is 130 g/mol. The summed E-state index contributed by atoms with van der Waals surface area (Å²) in [4.78, 5) is 16.2. The molecule has 1 amide bonds. The molecule has 1 rings (SSSR count). The lowest BCUT2D eigenvalue weighted by atomic mass is 10.2. The normalized spacial score (nSPS) is 20.9. The minimum absolute atomic E-state index is 0.125. The molecule has 0 aliphatic carbocycles. The van der Waals surface area contributed by atoms with Gasteiger partial charge in [-0.2, -0.15) is 0 Å². The van der Waals surface area contributed by atoms with E-state index in [1.807, 2.05) is 6.92 Å². The number of hydrogen-bond donors (Lipinski definition) is 0. The summed E-state index contributed by atoms with van der Waals surface area (Å²) >= 11 is 0. The third kappa shape index (κ3) is 1.70. The molecule has 0 aromatic heterocycles. The van der Waals surface area contributed by atoms with Crippen LogP contribution < -0.4 is 0 Å². The summed E-state index contributed by atoms with van der Waals surface area (Å²) in [6, 6.07) is 0. The Hall–Kier alpha value is -0.570. The van der Waals surface area contributed by atoms with Gasteiger partial charge in [0.1, 0.15) is 0 Å². The van der Waals surface area contributed by atoms with E-state index in [0.29, 0.717) is 19.6 Å². The molecule has 0 aromatic carbocycles. The van der Waals surface area contributed by atoms with E-state index in [1.54, 1.807) is 0 Å². The van der Waals surface area contributed by atoms with E-state index in [4.69, 9.17) is 4.84 Å². The number of rotatable bonds is 1. The molecule has 1 aliphatic heterocycles. The molecule has 3 heteroatoms. The van der Waals surface area contributed by atoms with Gasteiger partial charge < -0.3 is 0 Å². The average Bonchev–Trinajstić information content (AvgIpc) is 2.13. The van der Waals surface area contributed by atoms with Crippen molar-refractivity contribution in [1.82, 2.24) is 5.06 Å². The molecule has 0 aromatic rings. The second-order valence-corrected chi connectivity index (χ2v) is 2.38. The van der Waals surface area contributed by atoms with Crippen molar-refractivity contribution in [2.45, 2.75) is 26.2 Å². The molecule has 1 heterocycles. The largest absolute Gasteiger partial charge is 0.273 e. The van der Waals surface area contributed by atoms with Crippen molar-refractivity contribution in [2.75, 3.05) is 13.2 Å². The summed E-state index contributed by atoms with van der Waals surface area (Å²) in [5.74, 6) is 0.125. The van der Waals surface area contributed by atoms with Crippen LogP contribution in [0.4, 0.5) is 0 Å². The number of amides is 1. The topological polar surface area (TPSA) is 29.5 Å². The molecule has 58 valence electrons. The molecule has 3 nitrogen and oxygen atoms in total. The van der Waals surface area contributed by atoms with Gasteiger partial charge in [0, 0.05) is 13.0 Å². The van der Waals surface area contributed by atoms with Crippen molar-refractivity contribution in [2.24, 2.45) is 0 Å². The van der Waals surface area contributed by atoms with Gasteiger partial charge in [0.2, 0.25) is 5.91 Å². The highest BCUT2D eigenvalue weighted by atomic mass is 16.7. The maximum Gasteiger partial charge on any atom is 0.246 e. The Morgan fingerprint density at radius 2 is 2.40 bits per heavy atom. The summed E-state index contributed by atoms with van der Waals surface area (Å²) in [5, 5.41) is 1.45. The fourth-order valence-electron chi connectivity index (χ4n) is 1.02. The Bertz CT molecular complexity index is 125. The minimum Gasteiger partial charge on any atom is -0.273 e. The standard InChI is InChI=1S/C7H13NO2/c1-2-8-7(9)5-3-4-6-10-8/h2-6H2,1H3. The minimum atomic E-state index is 0.125. The number of hydrogen-bond acceptors (Lipinski definition) is 2. The number of nitrogens with zero attached hydrogens (tertiary/aromatic N) is 1. The zero-order valence-electron chi connectivity index (χ0n) is 6.30. The molecule has 0 radical (unpaired) electrons. The molecule has 1 fully saturated rings. The average molecular weight is 143 g/mol. The van der Waals surface area contributed by atoms with Crippen LogP contribution in [0, 0.1) is 0 Å². The van der Waals surface area contributed by atoms with E-state index < -0.39 is 0 Å². The molecule has 10 heavy (non-hydrogen) atoms. The molecule has 0 bridgehead atoms. The molecule has 1 saturated heterocycles. The van der Waals surface area contributed by atoms with E-state index in [2.05, 4.69) is 0 Å². The first-order valence-corrected chi connectivity index (χ1v) is 3.78. The van der Waals surface area contributed by atoms with E-state index >= 15 is 0 Å². The first-order chi connectivity index (χ1) is 4.84. The zero-order chi connectivity index (χ0) is 7.40. The van der Waals surface area contributed by atoms with Crippen LogP contribution in [0.2, 0.25) is 0 Å². The Morgan fingerprint density at radius 1 is 1.60 bits per heavy atom. The highest BCUT2D eigenvalue weighted by Crippen LogP contribution is 2.07. The summed E-state index contributed by atoms with van der Waals surface area (Å²) in [5.41, 5.74) is 0. The predicted molar refractivity (Wildman–Crippen MR) is 37.2 cm³/mol. The van der Waals surface area contributed by atoms with E-state index in [9.17, 15) is 4.79 Å². The smallest absolute Gasteiger partial charge is 0.246 e. The maximum atomic E-state index is 11.0. The van der Waals surface area contributed by atoms with Gasteiger partial charge in [0.15, 0.2) is 0 Å². The highest BCUT2D eigenvalue weighted by Gasteiger charge is 2.14. The summed E-state index contributed by atoms with van der Waals surface area (Å²) < 4.78 is 0. The molecule has 0 N–H and O–H groups in total. The molecule has 0 spiro atoms. The van der Waals surface area contributed by atoms with E-state index in [1.165, 1.54) is 5.06 Å². The van der Waals surface area contributed by atoms with Crippen molar-refractivity contribution >= 4 is 5.91 Å². The lowest BCUT2D eigenvalue weighted by Gasteiger charge is -2.16. The predicted octanol–water partition coefficient (Wildman–Crippen LogP) is 0.950. The summed E-state index contributed by atoms with van der Waals surface area (Å²) in [6.07, 6.45) is 2.62. The van der Waals surface area contributed by atoms with Gasteiger partial charge in [-0.05, 0) is 19.8 Å². The van der Waals surface area contributed by atoms with Crippen LogP contribution in [-0.4, -0.2) is 24.1 Å². The van der Waals surface area contributed by atoms with Crippen molar-refractivity contribution < 1.29 is 9.63 Å². The summed E-state index contributed by atoms with van der Waals surface area (Å²) in [7, 11) is 0. The number of carbonyl (C=O) groups is 1. The monoisotopic (exact) mass is 143 g/mol. The second-order valence-electron chi connectivity index (χ2n) is 2.38. The van der Waals surface area contributed by atoms with E-state index in [-0.39, 0.29) is 5.91 Å². The quantitative estimate of drug-likeness (QED) is 0.547. The van der Waals surface area contributed by atoms with Gasteiger partial charge in [-0.25, -0.2) is 5.06 Å². The zero-order valence-corrected chi connectivity index (χ0v) is 6.30. The van der Waals surface area contributed by atoms with Crippen LogP contribution >= 0.6 is 0 Å². The van der Waals surface area contributed by atoms with Gasteiger partial charge in [0.25, 0.3) is 0 Å². The third-order valence-electron chi connectivity index (χ3n) is 1.60. The van der Waals surface area contributed by atoms with Crippen LogP contribution in [0.3, 0.4) is 0 Å². The van der Waals surface area contributed by atoms with Crippen LogP contribution in [0.15, 0.2) is 0 Å². The van der Waals surface area contributed by atoms with Crippen LogP contribution in [0.5, 0.6) is 0 Å². The Morgan fingerprint density at radius 3 is 3.10 bits per heavy atom. The van der Waals surface area contributed by atoms with Crippen molar-refractivity contribution in [3.8, 4) is 0 Å². The fraction of sp³-hybridized carbons (Fsp3) is 0.857.